The zero-order valence-corrected chi connectivity index (χ0v) is 7.20. The molecule has 0 atom stereocenters. The van der Waals surface area contributed by atoms with Gasteiger partial charge in [0.1, 0.15) is 0 Å². The van der Waals surface area contributed by atoms with Gasteiger partial charge >= 0.3 is 6.03 Å². The largest absolute Gasteiger partial charge is 0.351 e. The summed E-state index contributed by atoms with van der Waals surface area (Å²) in [5.41, 5.74) is 5.99. The first-order valence-electron chi connectivity index (χ1n) is 3.77. The first-order valence-corrected chi connectivity index (χ1v) is 3.77. The van der Waals surface area contributed by atoms with E-state index in [9.17, 15) is 9.59 Å². The summed E-state index contributed by atoms with van der Waals surface area (Å²) in [6.07, 6.45) is 0. The first-order chi connectivity index (χ1) is 6.09. The lowest BCUT2D eigenvalue weighted by molar-refractivity contribution is 0.101. The smallest absolute Gasteiger partial charge is 0.316 e. The molecule has 0 fully saturated rings. The molecule has 72 valence electrons. The van der Waals surface area contributed by atoms with Crippen molar-refractivity contribution in [3.63, 3.8) is 0 Å². The van der Waals surface area contributed by atoms with Gasteiger partial charge in [-0.15, -0.1) is 0 Å². The number of urea groups is 1. The molecule has 0 saturated carbocycles. The number of ketones is 1. The van der Waals surface area contributed by atoms with Crippen LogP contribution in [0.15, 0.2) is 24.3 Å². The Hall–Kier alpha value is -1.84. The lowest BCUT2D eigenvalue weighted by atomic mass is 10.1. The molecular formula is C9H14N2O2. The Morgan fingerprint density at radius 1 is 1.46 bits per heavy atom. The van der Waals surface area contributed by atoms with Gasteiger partial charge in [0.05, 0.1) is 0 Å². The molecule has 0 radical (unpaired) electrons. The highest BCUT2D eigenvalue weighted by atomic mass is 16.2. The van der Waals surface area contributed by atoms with Crippen LogP contribution < -0.4 is 11.1 Å². The molecule has 0 aliphatic heterocycles. The van der Waals surface area contributed by atoms with Gasteiger partial charge in [-0.2, -0.15) is 0 Å². The summed E-state index contributed by atoms with van der Waals surface area (Å²) < 4.78 is 0. The number of nitrogens with two attached hydrogens (primary N) is 1. The molecule has 0 aliphatic rings. The van der Waals surface area contributed by atoms with Crippen molar-refractivity contribution in [3.05, 3.63) is 29.8 Å². The number of primary amides is 1. The maximum Gasteiger partial charge on any atom is 0.316 e. The summed E-state index contributed by atoms with van der Waals surface area (Å²) in [6.45, 7) is 1.46. The molecule has 0 bridgehead atoms. The standard InChI is InChI=1S/C9H10N2O2.2H2/c1-6(12)7-3-2-4-8(5-7)11-9(10)13;;/h2-5H,1H3,(H3,10,11,13);2*1H. The van der Waals surface area contributed by atoms with Crippen LogP contribution in [0.3, 0.4) is 0 Å². The number of nitrogens with one attached hydrogen (secondary N) is 1. The van der Waals surface area contributed by atoms with Crippen LogP contribution >= 0.6 is 0 Å². The van der Waals surface area contributed by atoms with E-state index in [1.165, 1.54) is 6.92 Å². The van der Waals surface area contributed by atoms with Crippen molar-refractivity contribution in [1.29, 1.82) is 0 Å². The van der Waals surface area contributed by atoms with E-state index < -0.39 is 6.03 Å². The Bertz CT molecular complexity index is 356. The second-order valence-electron chi connectivity index (χ2n) is 2.63. The zero-order chi connectivity index (χ0) is 9.84. The van der Waals surface area contributed by atoms with Crippen molar-refractivity contribution < 1.29 is 12.4 Å². The number of benzene rings is 1. The third-order valence-electron chi connectivity index (χ3n) is 1.54. The fourth-order valence-corrected chi connectivity index (χ4v) is 0.958. The number of carbonyl (C=O) groups is 2. The molecule has 4 nitrogen and oxygen atoms in total. The average Bonchev–Trinajstić information content (AvgIpc) is 2.03. The predicted molar refractivity (Wildman–Crippen MR) is 53.9 cm³/mol. The summed E-state index contributed by atoms with van der Waals surface area (Å²) >= 11 is 0. The van der Waals surface area contributed by atoms with Gasteiger partial charge in [-0.05, 0) is 19.1 Å². The van der Waals surface area contributed by atoms with Crippen LogP contribution in [0.2, 0.25) is 0 Å². The minimum Gasteiger partial charge on any atom is -0.351 e. The van der Waals surface area contributed by atoms with Gasteiger partial charge in [0.2, 0.25) is 0 Å². The van der Waals surface area contributed by atoms with Crippen molar-refractivity contribution in [2.45, 2.75) is 6.92 Å². The third-order valence-corrected chi connectivity index (χ3v) is 1.54. The van der Waals surface area contributed by atoms with Crippen molar-refractivity contribution in [1.82, 2.24) is 0 Å². The van der Waals surface area contributed by atoms with Gasteiger partial charge in [-0.1, -0.05) is 12.1 Å². The number of carbonyl (C=O) groups excluding carboxylic acids is 2. The monoisotopic (exact) mass is 182 g/mol. The molecular weight excluding hydrogens is 168 g/mol. The highest BCUT2D eigenvalue weighted by Gasteiger charge is 2.00. The van der Waals surface area contributed by atoms with Crippen LogP contribution in [-0.4, -0.2) is 11.8 Å². The van der Waals surface area contributed by atoms with Crippen LogP contribution in [-0.2, 0) is 0 Å². The van der Waals surface area contributed by atoms with E-state index in [2.05, 4.69) is 5.32 Å². The van der Waals surface area contributed by atoms with Crippen LogP contribution in [0.5, 0.6) is 0 Å². The van der Waals surface area contributed by atoms with E-state index in [0.717, 1.165) is 0 Å². The fourth-order valence-electron chi connectivity index (χ4n) is 0.958. The SMILES string of the molecule is CC(=O)c1cccc(NC(N)=O)c1.[HH].[HH]. The number of rotatable bonds is 2. The molecule has 0 saturated heterocycles. The summed E-state index contributed by atoms with van der Waals surface area (Å²) in [5.74, 6) is -0.0480. The van der Waals surface area contributed by atoms with Gasteiger partial charge in [-0.3, -0.25) is 4.79 Å². The minimum absolute atomic E-state index is 0. The number of Topliss-reactive ketones (excluding diaryl/α,β-unsaturated/α-hetero) is 1. The average molecular weight is 182 g/mol. The normalized spacial score (nSPS) is 9.31. The van der Waals surface area contributed by atoms with Crippen LogP contribution in [0.1, 0.15) is 20.1 Å². The second-order valence-corrected chi connectivity index (χ2v) is 2.63. The molecule has 0 spiro atoms. The van der Waals surface area contributed by atoms with Crippen LogP contribution in [0.4, 0.5) is 10.5 Å². The molecule has 1 aromatic rings. The van der Waals surface area contributed by atoms with E-state index in [4.69, 9.17) is 5.73 Å². The van der Waals surface area contributed by atoms with Crippen molar-refractivity contribution in [3.8, 4) is 0 Å². The van der Waals surface area contributed by atoms with Crippen LogP contribution in [0.25, 0.3) is 0 Å². The third kappa shape index (κ3) is 2.59. The van der Waals surface area contributed by atoms with E-state index >= 15 is 0 Å². The topological polar surface area (TPSA) is 72.2 Å². The zero-order valence-electron chi connectivity index (χ0n) is 7.20. The predicted octanol–water partition coefficient (Wildman–Crippen LogP) is 1.87. The number of hydrogen-bond donors (Lipinski definition) is 2. The molecule has 2 amide bonds. The minimum atomic E-state index is -0.638. The molecule has 4 heteroatoms. The van der Waals surface area contributed by atoms with E-state index in [1.807, 2.05) is 0 Å². The second kappa shape index (κ2) is 3.71. The maximum atomic E-state index is 10.9. The Morgan fingerprint density at radius 3 is 2.69 bits per heavy atom. The molecule has 1 rings (SSSR count). The fraction of sp³-hybridized carbons (Fsp3) is 0.111. The van der Waals surface area contributed by atoms with Gasteiger partial charge in [0.25, 0.3) is 0 Å². The highest BCUT2D eigenvalue weighted by molar-refractivity contribution is 5.96. The quantitative estimate of drug-likeness (QED) is 0.685. The summed E-state index contributed by atoms with van der Waals surface area (Å²) in [6, 6.07) is 5.96. The molecule has 0 heterocycles. The molecule has 0 aromatic heterocycles. The van der Waals surface area contributed by atoms with Crippen molar-refractivity contribution >= 4 is 17.5 Å². The Kier molecular flexibility index (Phi) is 2.64. The van der Waals surface area contributed by atoms with Gasteiger partial charge in [0.15, 0.2) is 5.78 Å². The Morgan fingerprint density at radius 2 is 2.15 bits per heavy atom. The highest BCUT2D eigenvalue weighted by Crippen LogP contribution is 2.10. The van der Waals surface area contributed by atoms with Crippen LogP contribution in [0, 0.1) is 0 Å². The van der Waals surface area contributed by atoms with E-state index in [-0.39, 0.29) is 8.64 Å². The summed E-state index contributed by atoms with van der Waals surface area (Å²) in [7, 11) is 0. The van der Waals surface area contributed by atoms with E-state index in [1.54, 1.807) is 24.3 Å². The van der Waals surface area contributed by atoms with Crippen molar-refractivity contribution in [2.24, 2.45) is 5.73 Å². The van der Waals surface area contributed by atoms with Gasteiger partial charge in [-0.25, -0.2) is 4.79 Å². The maximum absolute atomic E-state index is 10.9. The number of anilines is 1. The van der Waals surface area contributed by atoms with Gasteiger partial charge < -0.3 is 11.1 Å². The Balaban J connectivity index is 0. The lowest BCUT2D eigenvalue weighted by Crippen LogP contribution is -2.19. The molecule has 0 unspecified atom stereocenters. The molecule has 0 aliphatic carbocycles. The summed E-state index contributed by atoms with van der Waals surface area (Å²) in [4.78, 5) is 21.4. The summed E-state index contributed by atoms with van der Waals surface area (Å²) in [5, 5.41) is 2.39. The molecule has 1 aromatic carbocycles. The number of hydrogen-bond acceptors (Lipinski definition) is 2. The van der Waals surface area contributed by atoms with E-state index in [0.29, 0.717) is 11.3 Å². The molecule has 13 heavy (non-hydrogen) atoms. The number of amides is 2. The van der Waals surface area contributed by atoms with Gasteiger partial charge in [0, 0.05) is 14.1 Å². The first kappa shape index (κ1) is 9.25. The lowest BCUT2D eigenvalue weighted by Gasteiger charge is -2.02. The molecule has 3 N–H and O–H groups in total. The Labute approximate surface area is 78.7 Å². The van der Waals surface area contributed by atoms with Crippen molar-refractivity contribution in [2.75, 3.05) is 5.32 Å².